The summed E-state index contributed by atoms with van der Waals surface area (Å²) in [5.74, 6) is -1.89. The van der Waals surface area contributed by atoms with Crippen molar-refractivity contribution in [3.05, 3.63) is 76.7 Å². The Bertz CT molecular complexity index is 2760. The molecule has 0 radical (unpaired) electrons. The van der Waals surface area contributed by atoms with Crippen LogP contribution >= 0.6 is 11.8 Å². The molecule has 7 heterocycles. The zero-order valence-electron chi connectivity index (χ0n) is 45.4. The molecule has 5 aliphatic heterocycles. The molecule has 4 aromatic rings. The molecule has 6 aliphatic rings. The molecule has 402 valence electrons. The van der Waals surface area contributed by atoms with Gasteiger partial charge in [0, 0.05) is 102 Å². The molecule has 1 amide bonds. The number of esters is 1. The summed E-state index contributed by atoms with van der Waals surface area (Å²) in [5.41, 5.74) is 1.70. The molecule has 1 aliphatic carbocycles. The Morgan fingerprint density at radius 3 is 2.47 bits per heavy atom. The third-order valence-corrected chi connectivity index (χ3v) is 28.4. The number of aliphatic hydroxyl groups excluding tert-OH is 1. The number of carbonyl (C=O) groups excluding carboxylic acids is 2. The molecule has 1 spiro atoms. The lowest BCUT2D eigenvalue weighted by Crippen LogP contribution is -2.82. The van der Waals surface area contributed by atoms with Crippen LogP contribution in [0.2, 0.25) is 32.2 Å². The second kappa shape index (κ2) is 19.9. The van der Waals surface area contributed by atoms with E-state index in [2.05, 4.69) is 93.2 Å². The van der Waals surface area contributed by atoms with Crippen molar-refractivity contribution in [3.63, 3.8) is 0 Å². The Morgan fingerprint density at radius 2 is 1.76 bits per heavy atom. The highest BCUT2D eigenvalue weighted by Crippen LogP contribution is 2.69. The van der Waals surface area contributed by atoms with Gasteiger partial charge in [-0.25, -0.2) is 9.97 Å². The van der Waals surface area contributed by atoms with Gasteiger partial charge in [-0.3, -0.25) is 19.4 Å². The molecule has 15 nitrogen and oxygen atoms in total. The highest BCUT2D eigenvalue weighted by molar-refractivity contribution is 8.00. The van der Waals surface area contributed by atoms with Gasteiger partial charge < -0.3 is 44.1 Å². The molecule has 1 saturated carbocycles. The average molecular weight is 1070 g/mol. The molecule has 10 rings (SSSR count). The number of aromatic nitrogens is 3. The van der Waals surface area contributed by atoms with Crippen molar-refractivity contribution in [3.8, 4) is 5.75 Å². The number of hydrogen-bond acceptors (Lipinski definition) is 14. The number of para-hydroxylation sites is 1. The fourth-order valence-electron chi connectivity index (χ4n) is 15.7. The minimum atomic E-state index is -2.24. The summed E-state index contributed by atoms with van der Waals surface area (Å²) < 4.78 is 19.1. The monoisotopic (exact) mass is 1070 g/mol. The van der Waals surface area contributed by atoms with Gasteiger partial charge in [-0.2, -0.15) is 0 Å². The predicted molar refractivity (Wildman–Crippen MR) is 295 cm³/mol. The predicted octanol–water partition coefficient (Wildman–Crippen LogP) is 6.89. The summed E-state index contributed by atoms with van der Waals surface area (Å²) in [6.07, 6.45) is 7.74. The molecule has 74 heavy (non-hydrogen) atoms. The zero-order chi connectivity index (χ0) is 52.8. The molecular weight excluding hydrogens is 987 g/mol. The minimum absolute atomic E-state index is 0.213. The average Bonchev–Trinajstić information content (AvgIpc) is 4.04. The first-order chi connectivity index (χ1) is 35.2. The van der Waals surface area contributed by atoms with Crippen molar-refractivity contribution in [1.29, 1.82) is 0 Å². The normalized spacial score (nSPS) is 32.7. The van der Waals surface area contributed by atoms with Gasteiger partial charge in [-0.15, -0.1) is 0 Å². The number of benzene rings is 2. The first kappa shape index (κ1) is 53.5. The number of anilines is 1. The van der Waals surface area contributed by atoms with E-state index in [9.17, 15) is 15.3 Å². The number of carbonyl (C=O) groups is 2. The Balaban J connectivity index is 1.04. The van der Waals surface area contributed by atoms with Crippen molar-refractivity contribution in [2.75, 3.05) is 70.8 Å². The molecule has 2 aromatic heterocycles. The third-order valence-electron chi connectivity index (χ3n) is 18.6. The van der Waals surface area contributed by atoms with Gasteiger partial charge in [-0.1, -0.05) is 50.7 Å². The van der Waals surface area contributed by atoms with E-state index >= 15 is 9.59 Å². The zero-order valence-corrected chi connectivity index (χ0v) is 48.2. The summed E-state index contributed by atoms with van der Waals surface area (Å²) in [6, 6.07) is 12.1. The number of ether oxygens (including phenoxy) is 2. The van der Waals surface area contributed by atoms with E-state index in [0.717, 1.165) is 87.0 Å². The molecule has 4 fully saturated rings. The van der Waals surface area contributed by atoms with Crippen molar-refractivity contribution in [1.82, 2.24) is 30.1 Å². The number of aryl methyl sites for hydroxylation is 1. The second-order valence-electron chi connectivity index (χ2n) is 24.3. The van der Waals surface area contributed by atoms with Gasteiger partial charge in [0.25, 0.3) is 5.91 Å². The number of methoxy groups -OCH3 is 2. The number of hydrogen-bond donors (Lipinski definition) is 5. The van der Waals surface area contributed by atoms with Crippen molar-refractivity contribution >= 4 is 56.9 Å². The maximum Gasteiger partial charge on any atom is 0.315 e. The fourth-order valence-corrected chi connectivity index (χ4v) is 26.1. The quantitative estimate of drug-likeness (QED) is 0.0273. The number of H-pyrrole nitrogens is 1. The lowest BCUT2D eigenvalue weighted by molar-refractivity contribution is -0.216. The number of nitrogens with one attached hydrogen (secondary N) is 2. The number of fused-ring (bicyclic) bond motifs is 6. The summed E-state index contributed by atoms with van der Waals surface area (Å²) in [4.78, 5) is 50.3. The Kier molecular flexibility index (Phi) is 14.4. The number of aliphatic hydroxyl groups is 3. The van der Waals surface area contributed by atoms with Crippen LogP contribution < -0.4 is 15.0 Å². The standard InChI is InChI=1S/C56H81N7O8SSi2/c1-11-35-30-58-52(59-31-35)72-34-74(9,10)71-73(7,8)26-16-22-57-51(66)56(68)49-55(21-25-63-23-15-20-53(3,48(55)63)50(56)65)45-40(27-37(69-5)28-42(45)61(49)4)43-36-29-54(67,12-2)33-62(32-36)24-19-39-38-17-13-14-18-41(38)60-46(39)44(43)47(64)70-6/h13-14,17-18,27-28,30-31,36,43-44,48-50,60,65,67-68H,11-12,15-16,19-26,29,32-34H2,1-10H3,(H,57,66)/t36-,43?,44-,48+,49-,50-,53-,54+,55-,56+/m1/s1. The maximum atomic E-state index is 15.4. The van der Waals surface area contributed by atoms with Crippen LogP contribution in [0.5, 0.6) is 5.75 Å². The van der Waals surface area contributed by atoms with Crippen LogP contribution in [0, 0.1) is 11.3 Å². The molecule has 1 unspecified atom stereocenters. The van der Waals surface area contributed by atoms with Crippen LogP contribution in [-0.4, -0.2) is 164 Å². The van der Waals surface area contributed by atoms with Crippen LogP contribution in [0.4, 0.5) is 5.69 Å². The Labute approximate surface area is 444 Å². The molecule has 5 N–H and O–H groups in total. The van der Waals surface area contributed by atoms with Crippen molar-refractivity contribution in [2.24, 2.45) is 11.3 Å². The summed E-state index contributed by atoms with van der Waals surface area (Å²) in [7, 11) is 0.749. The highest BCUT2D eigenvalue weighted by atomic mass is 32.2. The van der Waals surface area contributed by atoms with Crippen LogP contribution in [-0.2, 0) is 36.7 Å². The first-order valence-electron chi connectivity index (χ1n) is 27.3. The van der Waals surface area contributed by atoms with Gasteiger partial charge in [0.05, 0.1) is 25.9 Å². The molecule has 18 heteroatoms. The number of rotatable bonds is 15. The van der Waals surface area contributed by atoms with E-state index in [1.54, 1.807) is 18.9 Å². The molecular formula is C56H81N7O8SSi2. The minimum Gasteiger partial charge on any atom is -0.497 e. The number of amides is 1. The molecule has 2 aromatic carbocycles. The van der Waals surface area contributed by atoms with Gasteiger partial charge in [-0.05, 0) is 137 Å². The number of thioether (sulfide) groups is 1. The molecule has 11 atom stereocenters. The number of aromatic amines is 1. The van der Waals surface area contributed by atoms with E-state index in [1.165, 1.54) is 7.11 Å². The topological polar surface area (TPSA) is 186 Å². The second-order valence-corrected chi connectivity index (χ2v) is 34.5. The van der Waals surface area contributed by atoms with E-state index in [1.807, 2.05) is 44.6 Å². The van der Waals surface area contributed by atoms with Gasteiger partial charge in [0.2, 0.25) is 0 Å². The first-order valence-corrected chi connectivity index (χ1v) is 34.5. The van der Waals surface area contributed by atoms with Gasteiger partial charge in [0.15, 0.2) is 27.4 Å². The maximum absolute atomic E-state index is 15.4. The summed E-state index contributed by atoms with van der Waals surface area (Å²) >= 11 is 1.65. The van der Waals surface area contributed by atoms with Crippen LogP contribution in [0.25, 0.3) is 10.9 Å². The Morgan fingerprint density at radius 1 is 1.00 bits per heavy atom. The highest BCUT2D eigenvalue weighted by Gasteiger charge is 2.79. The van der Waals surface area contributed by atoms with Gasteiger partial charge in [0.1, 0.15) is 17.8 Å². The fraction of sp³-hybridized carbons (Fsp3) is 0.643. The lowest BCUT2D eigenvalue weighted by atomic mass is 9.47. The number of nitrogens with zero attached hydrogens (tertiary/aromatic N) is 5. The van der Waals surface area contributed by atoms with Gasteiger partial charge >= 0.3 is 5.97 Å². The molecule has 3 saturated heterocycles. The lowest BCUT2D eigenvalue weighted by Gasteiger charge is -2.64. The smallest absolute Gasteiger partial charge is 0.315 e. The SMILES string of the molecule is CCc1cnc(SC[Si](C)(C)O[Si](C)(C)CCCNC(=O)[C@@]2(O)[C@H](O)[C@]3(C)CCCN4CC[C@@]5(c6c(C7[C@H]8C[N@@](CCc9c([nH]c%10ccccc9%10)[C@@H]7C(=O)OC)C[C@](O)(CC)C8)cc(OC)cc6N(C)[C@@H]25)[C@@H]43)nc1. The van der Waals surface area contributed by atoms with E-state index < -0.39 is 68.6 Å². The van der Waals surface area contributed by atoms with E-state index in [4.69, 9.17) is 13.6 Å². The van der Waals surface area contributed by atoms with E-state index in [0.29, 0.717) is 70.5 Å². The number of likely N-dealkylation sites (N-methyl/N-ethyl adjacent to an activating group) is 1. The van der Waals surface area contributed by atoms with Crippen molar-refractivity contribution in [2.45, 2.75) is 156 Å². The number of piperidine rings is 2. The van der Waals surface area contributed by atoms with Crippen LogP contribution in [0.3, 0.4) is 0 Å². The third kappa shape index (κ3) is 8.87. The summed E-state index contributed by atoms with van der Waals surface area (Å²) in [5, 5.41) is 45.2. The van der Waals surface area contributed by atoms with Crippen LogP contribution in [0.15, 0.2) is 53.9 Å². The van der Waals surface area contributed by atoms with Crippen molar-refractivity contribution < 1.29 is 38.5 Å². The van der Waals surface area contributed by atoms with Crippen LogP contribution in [0.1, 0.15) is 99.1 Å². The largest absolute Gasteiger partial charge is 0.497 e. The summed E-state index contributed by atoms with van der Waals surface area (Å²) in [6.45, 7) is 19.0. The Hall–Kier alpha value is -3.86. The molecule has 2 bridgehead atoms. The van der Waals surface area contributed by atoms with E-state index in [-0.39, 0.29) is 17.9 Å².